The molecule has 0 saturated carbocycles. The molecule has 0 bridgehead atoms. The average Bonchev–Trinajstić information content (AvgIpc) is 3.36. The number of carbonyl (C=O) groups excluding carboxylic acids is 2. The minimum absolute atomic E-state index is 0.0458. The molecule has 0 saturated heterocycles. The van der Waals surface area contributed by atoms with E-state index in [9.17, 15) is 22.8 Å². The first-order valence-corrected chi connectivity index (χ1v) is 11.1. The number of thiazole rings is 1. The minimum atomic E-state index is -4.47. The molecular formula is C20H17F3N4O2S2. The van der Waals surface area contributed by atoms with Crippen molar-refractivity contribution in [1.82, 2.24) is 9.88 Å². The van der Waals surface area contributed by atoms with Crippen molar-refractivity contribution < 1.29 is 22.8 Å². The number of nitrogens with one attached hydrogen (secondary N) is 2. The molecule has 1 aliphatic rings. The molecule has 11 heteroatoms. The van der Waals surface area contributed by atoms with Crippen molar-refractivity contribution >= 4 is 45.3 Å². The first kappa shape index (κ1) is 21.5. The lowest BCUT2D eigenvalue weighted by Gasteiger charge is -2.25. The van der Waals surface area contributed by atoms with Gasteiger partial charge in [-0.05, 0) is 29.6 Å². The summed E-state index contributed by atoms with van der Waals surface area (Å²) in [5.41, 5.74) is 0.759. The van der Waals surface area contributed by atoms with Gasteiger partial charge < -0.3 is 5.32 Å². The zero-order valence-corrected chi connectivity index (χ0v) is 17.7. The summed E-state index contributed by atoms with van der Waals surface area (Å²) in [5.74, 6) is -0.608. The molecule has 2 N–H and O–H groups in total. The van der Waals surface area contributed by atoms with Crippen LogP contribution in [0.1, 0.15) is 26.5 Å². The van der Waals surface area contributed by atoms with Crippen LogP contribution in [0.4, 0.5) is 24.0 Å². The summed E-state index contributed by atoms with van der Waals surface area (Å²) in [6.45, 7) is 1.12. The van der Waals surface area contributed by atoms with Crippen LogP contribution >= 0.6 is 22.7 Å². The molecule has 31 heavy (non-hydrogen) atoms. The Labute approximate surface area is 183 Å². The molecule has 3 heterocycles. The highest BCUT2D eigenvalue weighted by atomic mass is 32.1. The number of fused-ring (bicyclic) bond motifs is 1. The van der Waals surface area contributed by atoms with E-state index in [0.29, 0.717) is 30.2 Å². The molecule has 6 nitrogen and oxygen atoms in total. The highest BCUT2D eigenvalue weighted by Crippen LogP contribution is 2.31. The van der Waals surface area contributed by atoms with Crippen LogP contribution in [-0.2, 0) is 23.9 Å². The van der Waals surface area contributed by atoms with Crippen molar-refractivity contribution in [3.05, 3.63) is 62.8 Å². The van der Waals surface area contributed by atoms with E-state index in [1.165, 1.54) is 34.8 Å². The Morgan fingerprint density at radius 2 is 2.03 bits per heavy atom. The molecule has 0 radical (unpaired) electrons. The van der Waals surface area contributed by atoms with Crippen LogP contribution in [0.5, 0.6) is 0 Å². The first-order chi connectivity index (χ1) is 14.8. The summed E-state index contributed by atoms with van der Waals surface area (Å²) in [6.07, 6.45) is -3.84. The van der Waals surface area contributed by atoms with Crippen molar-refractivity contribution in [1.29, 1.82) is 0 Å². The largest absolute Gasteiger partial charge is 0.416 e. The van der Waals surface area contributed by atoms with Gasteiger partial charge in [-0.3, -0.25) is 19.8 Å². The Morgan fingerprint density at radius 1 is 1.19 bits per heavy atom. The second-order valence-electron chi connectivity index (χ2n) is 6.94. The smallest absolute Gasteiger partial charge is 0.325 e. The van der Waals surface area contributed by atoms with E-state index in [1.54, 1.807) is 11.4 Å². The lowest BCUT2D eigenvalue weighted by Crippen LogP contribution is -2.36. The van der Waals surface area contributed by atoms with Gasteiger partial charge in [0.25, 0.3) is 5.91 Å². The number of halogens is 3. The topological polar surface area (TPSA) is 74.3 Å². The average molecular weight is 467 g/mol. The van der Waals surface area contributed by atoms with E-state index in [0.717, 1.165) is 22.7 Å². The molecule has 0 fully saturated rings. The number of amides is 2. The molecule has 3 aromatic rings. The standard InChI is InChI=1S/C20H17F3N4O2S2/c21-20(22,23)13-2-1-3-14(8-13)24-17(28)10-27-6-4-15-16(9-27)31-19(25-15)26-18(29)12-5-7-30-11-12/h1-3,5,7-8,11H,4,6,9-10H2,(H,24,28)(H,25,26,29). The molecule has 0 spiro atoms. The van der Waals surface area contributed by atoms with Crippen molar-refractivity contribution in [2.24, 2.45) is 0 Å². The van der Waals surface area contributed by atoms with Crippen LogP contribution in [0, 0.1) is 0 Å². The van der Waals surface area contributed by atoms with Crippen LogP contribution in [0.25, 0.3) is 0 Å². The van der Waals surface area contributed by atoms with Gasteiger partial charge in [0.2, 0.25) is 5.91 Å². The zero-order chi connectivity index (χ0) is 22.0. The van der Waals surface area contributed by atoms with Crippen molar-refractivity contribution in [3.63, 3.8) is 0 Å². The monoisotopic (exact) mass is 466 g/mol. The fourth-order valence-electron chi connectivity index (χ4n) is 3.18. The molecule has 2 aromatic heterocycles. The van der Waals surface area contributed by atoms with E-state index in [-0.39, 0.29) is 18.1 Å². The highest BCUT2D eigenvalue weighted by Gasteiger charge is 2.30. The SMILES string of the molecule is O=C(CN1CCc2nc(NC(=O)c3ccsc3)sc2C1)Nc1cccc(C(F)(F)F)c1. The minimum Gasteiger partial charge on any atom is -0.325 e. The number of thiophene rings is 1. The quantitative estimate of drug-likeness (QED) is 0.582. The van der Waals surface area contributed by atoms with Gasteiger partial charge in [0, 0.05) is 35.5 Å². The van der Waals surface area contributed by atoms with Gasteiger partial charge >= 0.3 is 6.18 Å². The Kier molecular flexibility index (Phi) is 6.08. The third kappa shape index (κ3) is 5.30. The molecular weight excluding hydrogens is 449 g/mol. The molecule has 0 aliphatic carbocycles. The molecule has 162 valence electrons. The van der Waals surface area contributed by atoms with E-state index < -0.39 is 17.6 Å². The molecule has 4 rings (SSSR count). The summed E-state index contributed by atoms with van der Waals surface area (Å²) in [7, 11) is 0. The van der Waals surface area contributed by atoms with Gasteiger partial charge in [0.15, 0.2) is 5.13 Å². The molecule has 1 aromatic carbocycles. The third-order valence-corrected chi connectivity index (χ3v) is 6.34. The van der Waals surface area contributed by atoms with Crippen LogP contribution in [0.3, 0.4) is 0 Å². The molecule has 0 atom stereocenters. The van der Waals surface area contributed by atoms with Crippen LogP contribution < -0.4 is 10.6 Å². The van der Waals surface area contributed by atoms with E-state index >= 15 is 0 Å². The summed E-state index contributed by atoms with van der Waals surface area (Å²) in [6, 6.07) is 6.29. The third-order valence-electron chi connectivity index (χ3n) is 4.65. The van der Waals surface area contributed by atoms with Gasteiger partial charge in [-0.2, -0.15) is 24.5 Å². The van der Waals surface area contributed by atoms with Gasteiger partial charge in [-0.25, -0.2) is 4.98 Å². The Morgan fingerprint density at radius 3 is 2.77 bits per heavy atom. The number of aromatic nitrogens is 1. The lowest BCUT2D eigenvalue weighted by molar-refractivity contribution is -0.137. The number of hydrogen-bond acceptors (Lipinski definition) is 6. The number of anilines is 2. The lowest BCUT2D eigenvalue weighted by atomic mass is 10.1. The number of carbonyl (C=O) groups is 2. The number of benzene rings is 1. The van der Waals surface area contributed by atoms with Crippen molar-refractivity contribution in [2.45, 2.75) is 19.1 Å². The summed E-state index contributed by atoms with van der Waals surface area (Å²) >= 11 is 2.80. The van der Waals surface area contributed by atoms with E-state index in [2.05, 4.69) is 15.6 Å². The fraction of sp³-hybridized carbons (Fsp3) is 0.250. The van der Waals surface area contributed by atoms with Crippen LogP contribution in [0.15, 0.2) is 41.1 Å². The number of nitrogens with zero attached hydrogens (tertiary/aromatic N) is 2. The second kappa shape index (κ2) is 8.77. The summed E-state index contributed by atoms with van der Waals surface area (Å²) in [4.78, 5) is 31.8. The summed E-state index contributed by atoms with van der Waals surface area (Å²) in [5, 5.41) is 9.41. The summed E-state index contributed by atoms with van der Waals surface area (Å²) < 4.78 is 38.5. The maximum Gasteiger partial charge on any atom is 0.416 e. The fourth-order valence-corrected chi connectivity index (χ4v) is 4.86. The maximum absolute atomic E-state index is 12.8. The highest BCUT2D eigenvalue weighted by molar-refractivity contribution is 7.16. The molecule has 2 amide bonds. The Hall–Kier alpha value is -2.76. The Balaban J connectivity index is 1.34. The Bertz CT molecular complexity index is 1100. The second-order valence-corrected chi connectivity index (χ2v) is 8.81. The predicted octanol–water partition coefficient (Wildman–Crippen LogP) is 4.47. The molecule has 1 aliphatic heterocycles. The van der Waals surface area contributed by atoms with Crippen LogP contribution in [-0.4, -0.2) is 34.8 Å². The van der Waals surface area contributed by atoms with E-state index in [1.807, 2.05) is 10.3 Å². The zero-order valence-electron chi connectivity index (χ0n) is 16.0. The first-order valence-electron chi connectivity index (χ1n) is 9.29. The molecule has 0 unspecified atom stereocenters. The van der Waals surface area contributed by atoms with Crippen LogP contribution in [0.2, 0.25) is 0 Å². The number of rotatable bonds is 5. The van der Waals surface area contributed by atoms with Gasteiger partial charge in [-0.15, -0.1) is 11.3 Å². The number of alkyl halides is 3. The normalized spacial score (nSPS) is 14.2. The van der Waals surface area contributed by atoms with Gasteiger partial charge in [0.05, 0.1) is 23.4 Å². The van der Waals surface area contributed by atoms with Crippen molar-refractivity contribution in [3.8, 4) is 0 Å². The van der Waals surface area contributed by atoms with Crippen molar-refractivity contribution in [2.75, 3.05) is 23.7 Å². The van der Waals surface area contributed by atoms with Gasteiger partial charge in [0.1, 0.15) is 0 Å². The number of hydrogen-bond donors (Lipinski definition) is 2. The maximum atomic E-state index is 12.8. The predicted molar refractivity (Wildman–Crippen MR) is 113 cm³/mol. The van der Waals surface area contributed by atoms with Gasteiger partial charge in [-0.1, -0.05) is 6.07 Å². The van der Waals surface area contributed by atoms with E-state index in [4.69, 9.17) is 0 Å².